The fourth-order valence-electron chi connectivity index (χ4n) is 1.51. The van der Waals surface area contributed by atoms with Crippen LogP contribution < -0.4 is 10.1 Å². The van der Waals surface area contributed by atoms with Crippen molar-refractivity contribution in [2.24, 2.45) is 0 Å². The molecule has 0 saturated heterocycles. The van der Waals surface area contributed by atoms with Gasteiger partial charge in [0.05, 0.1) is 6.61 Å². The van der Waals surface area contributed by atoms with Crippen LogP contribution in [0.25, 0.3) is 0 Å². The zero-order valence-corrected chi connectivity index (χ0v) is 13.0. The van der Waals surface area contributed by atoms with Gasteiger partial charge in [0.2, 0.25) is 0 Å². The van der Waals surface area contributed by atoms with Crippen LogP contribution in [0.1, 0.15) is 15.5 Å². The molecule has 112 valence electrons. The Kier molecular flexibility index (Phi) is 5.98. The van der Waals surface area contributed by atoms with Gasteiger partial charge in [0, 0.05) is 24.1 Å². The zero-order chi connectivity index (χ0) is 15.1. The Hall–Kier alpha value is -1.63. The Bertz CT molecular complexity index is 586. The second-order valence-corrected chi connectivity index (χ2v) is 5.50. The number of rotatable bonds is 7. The lowest BCUT2D eigenvalue weighted by Crippen LogP contribution is -2.27. The average Bonchev–Trinajstić information content (AvgIpc) is 2.96. The van der Waals surface area contributed by atoms with Crippen molar-refractivity contribution >= 4 is 28.8 Å². The van der Waals surface area contributed by atoms with Crippen molar-refractivity contribution in [2.75, 3.05) is 20.3 Å². The molecular formula is C14H15ClN2O3S. The number of nitrogens with zero attached hydrogens (tertiary/aromatic N) is 1. The fourth-order valence-corrected chi connectivity index (χ4v) is 2.33. The number of ether oxygens (including phenoxy) is 2. The monoisotopic (exact) mass is 326 g/mol. The van der Waals surface area contributed by atoms with Gasteiger partial charge in [-0.15, -0.1) is 11.3 Å². The van der Waals surface area contributed by atoms with E-state index < -0.39 is 0 Å². The number of carbonyl (C=O) groups excluding carboxylic acids is 1. The summed E-state index contributed by atoms with van der Waals surface area (Å²) in [4.78, 5) is 16.0. The standard InChI is InChI=1S/C14H15ClN2O3S/c1-19-7-6-16-14(18)12-9-21-13(17-12)8-20-11-4-2-10(15)3-5-11/h2-5,9H,6-8H2,1H3,(H,16,18). The minimum atomic E-state index is -0.207. The Labute approximate surface area is 131 Å². The first kappa shape index (κ1) is 15.8. The van der Waals surface area contributed by atoms with Crippen LogP contribution in [0.3, 0.4) is 0 Å². The number of hydrogen-bond acceptors (Lipinski definition) is 5. The highest BCUT2D eigenvalue weighted by Crippen LogP contribution is 2.18. The molecule has 0 spiro atoms. The van der Waals surface area contributed by atoms with Gasteiger partial charge in [-0.2, -0.15) is 0 Å². The molecule has 1 aromatic carbocycles. The number of amides is 1. The first-order valence-electron chi connectivity index (χ1n) is 6.29. The molecule has 0 fully saturated rings. The quantitative estimate of drug-likeness (QED) is 0.795. The summed E-state index contributed by atoms with van der Waals surface area (Å²) in [5, 5.41) is 5.83. The summed E-state index contributed by atoms with van der Waals surface area (Å²) in [5.41, 5.74) is 0.394. The number of thiazole rings is 1. The van der Waals surface area contributed by atoms with E-state index in [1.54, 1.807) is 36.8 Å². The highest BCUT2D eigenvalue weighted by Gasteiger charge is 2.10. The van der Waals surface area contributed by atoms with Crippen LogP contribution in [0.5, 0.6) is 5.75 Å². The van der Waals surface area contributed by atoms with Crippen LogP contribution in [0, 0.1) is 0 Å². The molecule has 1 aromatic heterocycles. The SMILES string of the molecule is COCCNC(=O)c1csc(COc2ccc(Cl)cc2)n1. The lowest BCUT2D eigenvalue weighted by molar-refractivity contribution is 0.0932. The first-order chi connectivity index (χ1) is 10.2. The van der Waals surface area contributed by atoms with Crippen molar-refractivity contribution in [1.82, 2.24) is 10.3 Å². The molecule has 5 nitrogen and oxygen atoms in total. The van der Waals surface area contributed by atoms with E-state index in [4.69, 9.17) is 21.1 Å². The van der Waals surface area contributed by atoms with Crippen molar-refractivity contribution in [3.63, 3.8) is 0 Å². The zero-order valence-electron chi connectivity index (χ0n) is 11.5. The van der Waals surface area contributed by atoms with Crippen molar-refractivity contribution in [3.05, 3.63) is 45.4 Å². The predicted octanol–water partition coefficient (Wildman–Crippen LogP) is 2.75. The van der Waals surface area contributed by atoms with Gasteiger partial charge in [-0.25, -0.2) is 4.98 Å². The van der Waals surface area contributed by atoms with E-state index in [1.165, 1.54) is 11.3 Å². The molecule has 1 N–H and O–H groups in total. The first-order valence-corrected chi connectivity index (χ1v) is 7.54. The Morgan fingerprint density at radius 1 is 1.38 bits per heavy atom. The van der Waals surface area contributed by atoms with Gasteiger partial charge in [-0.05, 0) is 24.3 Å². The second kappa shape index (κ2) is 7.97. The molecule has 0 aliphatic carbocycles. The predicted molar refractivity (Wildman–Crippen MR) is 82.1 cm³/mol. The van der Waals surface area contributed by atoms with Crippen LogP contribution in [0.15, 0.2) is 29.6 Å². The summed E-state index contributed by atoms with van der Waals surface area (Å²) < 4.78 is 10.4. The maximum atomic E-state index is 11.8. The molecular weight excluding hydrogens is 312 g/mol. The molecule has 0 bridgehead atoms. The molecule has 0 unspecified atom stereocenters. The van der Waals surface area contributed by atoms with Crippen LogP contribution >= 0.6 is 22.9 Å². The summed E-state index contributed by atoms with van der Waals surface area (Å²) in [6.07, 6.45) is 0. The van der Waals surface area contributed by atoms with E-state index in [0.29, 0.717) is 36.2 Å². The molecule has 2 aromatic rings. The summed E-state index contributed by atoms with van der Waals surface area (Å²) in [6.45, 7) is 1.25. The molecule has 21 heavy (non-hydrogen) atoms. The number of carbonyl (C=O) groups is 1. The molecule has 0 aliphatic heterocycles. The van der Waals surface area contributed by atoms with Gasteiger partial charge in [0.25, 0.3) is 5.91 Å². The summed E-state index contributed by atoms with van der Waals surface area (Å²) in [5.74, 6) is 0.502. The largest absolute Gasteiger partial charge is 0.486 e. The van der Waals surface area contributed by atoms with Gasteiger partial charge in [-0.1, -0.05) is 11.6 Å². The average molecular weight is 327 g/mol. The maximum Gasteiger partial charge on any atom is 0.270 e. The number of nitrogens with one attached hydrogen (secondary N) is 1. The number of methoxy groups -OCH3 is 1. The molecule has 0 atom stereocenters. The highest BCUT2D eigenvalue weighted by molar-refractivity contribution is 7.09. The van der Waals surface area contributed by atoms with Gasteiger partial charge in [0.15, 0.2) is 0 Å². The third-order valence-corrected chi connectivity index (χ3v) is 3.63. The van der Waals surface area contributed by atoms with Crippen LogP contribution in [0.4, 0.5) is 0 Å². The third kappa shape index (κ3) is 5.00. The molecule has 0 aliphatic rings. The van der Waals surface area contributed by atoms with Crippen molar-refractivity contribution < 1.29 is 14.3 Å². The lowest BCUT2D eigenvalue weighted by atomic mass is 10.3. The third-order valence-electron chi connectivity index (χ3n) is 2.55. The molecule has 2 rings (SSSR count). The minimum Gasteiger partial charge on any atom is -0.486 e. The van der Waals surface area contributed by atoms with E-state index in [-0.39, 0.29) is 5.91 Å². The number of aromatic nitrogens is 1. The number of benzene rings is 1. The number of halogens is 1. The van der Waals surface area contributed by atoms with Gasteiger partial charge >= 0.3 is 0 Å². The summed E-state index contributed by atoms with van der Waals surface area (Å²) in [7, 11) is 1.58. The van der Waals surface area contributed by atoms with Crippen LogP contribution in [0.2, 0.25) is 5.02 Å². The molecule has 7 heteroatoms. The number of hydrogen-bond donors (Lipinski definition) is 1. The van der Waals surface area contributed by atoms with E-state index in [0.717, 1.165) is 5.01 Å². The molecule has 1 amide bonds. The van der Waals surface area contributed by atoms with E-state index in [1.807, 2.05) is 0 Å². The Morgan fingerprint density at radius 3 is 2.86 bits per heavy atom. The molecule has 1 heterocycles. The van der Waals surface area contributed by atoms with Crippen LogP contribution in [-0.2, 0) is 11.3 Å². The van der Waals surface area contributed by atoms with Crippen molar-refractivity contribution in [1.29, 1.82) is 0 Å². The second-order valence-electron chi connectivity index (χ2n) is 4.12. The molecule has 0 saturated carbocycles. The maximum absolute atomic E-state index is 11.8. The van der Waals surface area contributed by atoms with Crippen LogP contribution in [-0.4, -0.2) is 31.2 Å². The topological polar surface area (TPSA) is 60.5 Å². The normalized spacial score (nSPS) is 10.4. The Balaban J connectivity index is 1.85. The van der Waals surface area contributed by atoms with Crippen molar-refractivity contribution in [2.45, 2.75) is 6.61 Å². The van der Waals surface area contributed by atoms with Crippen molar-refractivity contribution in [3.8, 4) is 5.75 Å². The smallest absolute Gasteiger partial charge is 0.270 e. The summed E-state index contributed by atoms with van der Waals surface area (Å²) in [6, 6.07) is 7.09. The van der Waals surface area contributed by atoms with E-state index in [2.05, 4.69) is 10.3 Å². The molecule has 0 radical (unpaired) electrons. The minimum absolute atomic E-state index is 0.207. The van der Waals surface area contributed by atoms with Gasteiger partial charge in [0.1, 0.15) is 23.1 Å². The Morgan fingerprint density at radius 2 is 2.14 bits per heavy atom. The highest BCUT2D eigenvalue weighted by atomic mass is 35.5. The lowest BCUT2D eigenvalue weighted by Gasteiger charge is -2.03. The fraction of sp³-hybridized carbons (Fsp3) is 0.286. The van der Waals surface area contributed by atoms with Gasteiger partial charge < -0.3 is 14.8 Å². The van der Waals surface area contributed by atoms with E-state index in [9.17, 15) is 4.79 Å². The summed E-state index contributed by atoms with van der Waals surface area (Å²) >= 11 is 7.19. The van der Waals surface area contributed by atoms with Gasteiger partial charge in [-0.3, -0.25) is 4.79 Å². The van der Waals surface area contributed by atoms with E-state index >= 15 is 0 Å².